The number of nitrogen functional groups attached to an aromatic ring is 1. The first-order valence-corrected chi connectivity index (χ1v) is 10.5. The van der Waals surface area contributed by atoms with Gasteiger partial charge in [-0.2, -0.15) is 9.97 Å². The second-order valence-electron chi connectivity index (χ2n) is 6.78. The zero-order valence-electron chi connectivity index (χ0n) is 16.8. The maximum Gasteiger partial charge on any atom is 0.326 e. The molecule has 13 nitrogen and oxygen atoms in total. The summed E-state index contributed by atoms with van der Waals surface area (Å²) in [7, 11) is 0. The van der Waals surface area contributed by atoms with Crippen molar-refractivity contribution in [1.29, 1.82) is 0 Å². The molecule has 33 heavy (non-hydrogen) atoms. The third-order valence-corrected chi connectivity index (χ3v) is 5.29. The van der Waals surface area contributed by atoms with E-state index in [1.165, 1.54) is 12.3 Å². The molecule has 0 aliphatic heterocycles. The van der Waals surface area contributed by atoms with E-state index in [9.17, 15) is 24.6 Å². The van der Waals surface area contributed by atoms with Crippen LogP contribution >= 0.6 is 22.6 Å². The van der Waals surface area contributed by atoms with E-state index in [0.29, 0.717) is 15.0 Å². The molecule has 0 saturated carbocycles. The van der Waals surface area contributed by atoms with Gasteiger partial charge in [0.1, 0.15) is 6.04 Å². The van der Waals surface area contributed by atoms with Gasteiger partial charge in [-0.25, -0.2) is 14.8 Å². The number of halogens is 1. The average Bonchev–Trinajstić information content (AvgIpc) is 2.75. The first kappa shape index (κ1) is 23.8. The number of fused-ring (bicyclic) bond motifs is 1. The highest BCUT2D eigenvalue weighted by Gasteiger charge is 2.22. The van der Waals surface area contributed by atoms with Crippen LogP contribution in [-0.2, 0) is 16.1 Å². The molecule has 0 radical (unpaired) electrons. The minimum Gasteiger partial charge on any atom is -0.492 e. The van der Waals surface area contributed by atoms with E-state index >= 15 is 0 Å². The number of aromatic nitrogens is 4. The highest BCUT2D eigenvalue weighted by atomic mass is 127. The number of amides is 1. The number of benzene rings is 1. The van der Waals surface area contributed by atoms with E-state index in [2.05, 4.69) is 30.6 Å². The van der Waals surface area contributed by atoms with Crippen molar-refractivity contribution in [3.8, 4) is 5.88 Å². The van der Waals surface area contributed by atoms with Crippen molar-refractivity contribution in [2.75, 3.05) is 11.1 Å². The molecule has 0 saturated heterocycles. The van der Waals surface area contributed by atoms with Gasteiger partial charge in [0, 0.05) is 21.2 Å². The summed E-state index contributed by atoms with van der Waals surface area (Å²) in [5, 5.41) is 33.3. The number of nitrogens with zero attached hydrogens (tertiary/aromatic N) is 4. The smallest absolute Gasteiger partial charge is 0.326 e. The Morgan fingerprint density at radius 1 is 1.15 bits per heavy atom. The predicted molar refractivity (Wildman–Crippen MR) is 123 cm³/mol. The van der Waals surface area contributed by atoms with Crippen LogP contribution in [0.15, 0.2) is 24.4 Å². The van der Waals surface area contributed by atoms with Crippen LogP contribution in [0.5, 0.6) is 5.88 Å². The summed E-state index contributed by atoms with van der Waals surface area (Å²) >= 11 is 2.01. The standard InChI is InChI=1S/C19H18IN7O6/c20-10-5-8(16(30)25-12(18(32)33)3-4-13(28)29)1-2-11(10)22-6-9-7-23-15-14(24-9)17(31)27-19(21)26-15/h1-2,5,7,12,22H,3-4,6H2,(H,25,30)(H,28,29)(H,32,33)(H3,21,23,26,27,31)/t12-/m0/s1. The van der Waals surface area contributed by atoms with Gasteiger partial charge >= 0.3 is 11.9 Å². The molecule has 7 N–H and O–H groups in total. The van der Waals surface area contributed by atoms with Crippen molar-refractivity contribution in [3.63, 3.8) is 0 Å². The van der Waals surface area contributed by atoms with Crippen LogP contribution in [0.4, 0.5) is 11.6 Å². The van der Waals surface area contributed by atoms with E-state index in [0.717, 1.165) is 0 Å². The highest BCUT2D eigenvalue weighted by Crippen LogP contribution is 2.22. The monoisotopic (exact) mass is 567 g/mol. The number of hydrogen-bond donors (Lipinski definition) is 6. The molecule has 172 valence electrons. The maximum absolute atomic E-state index is 12.4. The third-order valence-electron chi connectivity index (χ3n) is 4.40. The van der Waals surface area contributed by atoms with Crippen LogP contribution in [0.1, 0.15) is 28.9 Å². The van der Waals surface area contributed by atoms with E-state index in [-0.39, 0.29) is 47.9 Å². The summed E-state index contributed by atoms with van der Waals surface area (Å²) < 4.78 is 0.672. The average molecular weight is 567 g/mol. The number of nitrogens with two attached hydrogens (primary N) is 1. The second kappa shape index (κ2) is 10.2. The van der Waals surface area contributed by atoms with Crippen LogP contribution in [0.3, 0.4) is 0 Å². The topological polar surface area (TPSA) is 214 Å². The number of carbonyl (C=O) groups excluding carboxylic acids is 1. The minimum absolute atomic E-state index is 0.112. The summed E-state index contributed by atoms with van der Waals surface area (Å²) in [6, 6.07) is 3.39. The number of carboxylic acid groups (broad SMARTS) is 2. The number of anilines is 2. The number of rotatable bonds is 9. The van der Waals surface area contributed by atoms with Crippen LogP contribution in [-0.4, -0.2) is 59.1 Å². The SMILES string of the molecule is Nc1nc(O)c2nc(CNc3ccc(C(=O)N[C@@H](CCC(=O)O)C(=O)O)cc3I)cnc2n1. The molecule has 3 rings (SSSR count). The number of aromatic hydroxyl groups is 1. The highest BCUT2D eigenvalue weighted by molar-refractivity contribution is 14.1. The fourth-order valence-corrected chi connectivity index (χ4v) is 3.49. The number of aliphatic carboxylic acids is 2. The number of nitrogens with one attached hydrogen (secondary N) is 2. The lowest BCUT2D eigenvalue weighted by atomic mass is 10.1. The van der Waals surface area contributed by atoms with Gasteiger partial charge in [-0.05, 0) is 47.2 Å². The summed E-state index contributed by atoms with van der Waals surface area (Å²) in [5.74, 6) is -3.58. The van der Waals surface area contributed by atoms with Crippen molar-refractivity contribution in [1.82, 2.24) is 25.3 Å². The molecule has 0 spiro atoms. The zero-order chi connectivity index (χ0) is 24.1. The fraction of sp³-hybridized carbons (Fsp3) is 0.211. The van der Waals surface area contributed by atoms with E-state index in [1.807, 2.05) is 22.6 Å². The van der Waals surface area contributed by atoms with Crippen molar-refractivity contribution >= 4 is 63.2 Å². The fourth-order valence-electron chi connectivity index (χ4n) is 2.78. The van der Waals surface area contributed by atoms with Gasteiger partial charge in [-0.3, -0.25) is 9.59 Å². The van der Waals surface area contributed by atoms with Crippen molar-refractivity contribution < 1.29 is 29.7 Å². The van der Waals surface area contributed by atoms with Crippen molar-refractivity contribution in [2.24, 2.45) is 0 Å². The summed E-state index contributed by atoms with van der Waals surface area (Å²) in [6.45, 7) is 0.241. The Morgan fingerprint density at radius 2 is 1.91 bits per heavy atom. The van der Waals surface area contributed by atoms with Gasteiger partial charge in [-0.15, -0.1) is 0 Å². The second-order valence-corrected chi connectivity index (χ2v) is 7.95. The van der Waals surface area contributed by atoms with E-state index in [1.54, 1.807) is 12.1 Å². The van der Waals surface area contributed by atoms with Crippen LogP contribution in [0, 0.1) is 3.57 Å². The Labute approximate surface area is 199 Å². The Hall–Kier alpha value is -3.82. The predicted octanol–water partition coefficient (Wildman–Crippen LogP) is 0.972. The molecule has 0 bridgehead atoms. The van der Waals surface area contributed by atoms with Gasteiger partial charge in [-0.1, -0.05) is 0 Å². The molecular weight excluding hydrogens is 549 g/mol. The van der Waals surface area contributed by atoms with Gasteiger partial charge < -0.3 is 31.7 Å². The molecule has 2 aromatic heterocycles. The van der Waals surface area contributed by atoms with Crippen molar-refractivity contribution in [2.45, 2.75) is 25.4 Å². The Bertz CT molecular complexity index is 1240. The summed E-state index contributed by atoms with van der Waals surface area (Å²) in [4.78, 5) is 50.3. The molecule has 0 aliphatic carbocycles. The summed E-state index contributed by atoms with van der Waals surface area (Å²) in [5.41, 5.74) is 7.13. The quantitative estimate of drug-likeness (QED) is 0.200. The Balaban J connectivity index is 1.68. The lowest BCUT2D eigenvalue weighted by Gasteiger charge is -2.14. The first-order chi connectivity index (χ1) is 15.6. The third kappa shape index (κ3) is 6.12. The Morgan fingerprint density at radius 3 is 2.58 bits per heavy atom. The lowest BCUT2D eigenvalue weighted by molar-refractivity contribution is -0.140. The van der Waals surface area contributed by atoms with Crippen LogP contribution in [0.25, 0.3) is 11.2 Å². The molecule has 1 atom stereocenters. The maximum atomic E-state index is 12.4. The van der Waals surface area contributed by atoms with Crippen molar-refractivity contribution in [3.05, 3.63) is 39.2 Å². The molecule has 0 fully saturated rings. The van der Waals surface area contributed by atoms with E-state index in [4.69, 9.17) is 10.8 Å². The van der Waals surface area contributed by atoms with Crippen LogP contribution in [0.2, 0.25) is 0 Å². The minimum atomic E-state index is -1.31. The lowest BCUT2D eigenvalue weighted by Crippen LogP contribution is -2.41. The van der Waals surface area contributed by atoms with Gasteiger partial charge in [0.05, 0.1) is 18.4 Å². The van der Waals surface area contributed by atoms with Gasteiger partial charge in [0.25, 0.3) is 5.91 Å². The first-order valence-electron chi connectivity index (χ1n) is 9.41. The summed E-state index contributed by atoms with van der Waals surface area (Å²) in [6.07, 6.45) is 0.860. The number of carbonyl (C=O) groups is 3. The molecular formula is C19H18IN7O6. The Kier molecular flexibility index (Phi) is 7.37. The van der Waals surface area contributed by atoms with E-state index < -0.39 is 23.9 Å². The normalized spacial score (nSPS) is 11.7. The molecule has 0 unspecified atom stereocenters. The zero-order valence-corrected chi connectivity index (χ0v) is 19.0. The molecule has 14 heteroatoms. The van der Waals surface area contributed by atoms with Gasteiger partial charge in [0.15, 0.2) is 11.2 Å². The number of hydrogen-bond acceptors (Lipinski definition) is 10. The molecule has 2 heterocycles. The number of carboxylic acids is 2. The molecule has 3 aromatic rings. The molecule has 1 aromatic carbocycles. The molecule has 1 amide bonds. The van der Waals surface area contributed by atoms with Gasteiger partial charge in [0.2, 0.25) is 11.8 Å². The largest absolute Gasteiger partial charge is 0.492 e. The van der Waals surface area contributed by atoms with Crippen LogP contribution < -0.4 is 16.4 Å². The molecule has 0 aliphatic rings.